The van der Waals surface area contributed by atoms with E-state index in [0.717, 1.165) is 10.0 Å². The zero-order valence-electron chi connectivity index (χ0n) is 9.13. The molecule has 6 heteroatoms. The second-order valence-corrected chi connectivity index (χ2v) is 4.48. The van der Waals surface area contributed by atoms with Crippen molar-refractivity contribution < 1.29 is 0 Å². The van der Waals surface area contributed by atoms with E-state index in [9.17, 15) is 9.59 Å². The van der Waals surface area contributed by atoms with E-state index in [4.69, 9.17) is 0 Å². The first kappa shape index (κ1) is 12.1. The Morgan fingerprint density at radius 3 is 2.71 bits per heavy atom. The minimum absolute atomic E-state index is 0.578. The van der Waals surface area contributed by atoms with Crippen LogP contribution in [0.2, 0.25) is 0 Å². The van der Waals surface area contributed by atoms with Crippen molar-refractivity contribution in [3.8, 4) is 0 Å². The SMILES string of the molecule is C[CH]NCc1cc(Br)cc2[nH]c(=O)c(=O)[nH]c12. The van der Waals surface area contributed by atoms with Crippen LogP contribution in [0.25, 0.3) is 11.0 Å². The van der Waals surface area contributed by atoms with Gasteiger partial charge in [-0.3, -0.25) is 9.59 Å². The standard InChI is InChI=1S/C11H11BrN3O2/c1-2-13-5-6-3-7(12)4-8-9(6)15-11(17)10(16)14-8/h2-4,13H,5H2,1H3,(H,14,16)(H,15,17). The number of benzene rings is 1. The third-order valence-electron chi connectivity index (χ3n) is 2.37. The lowest BCUT2D eigenvalue weighted by Crippen LogP contribution is -2.29. The second kappa shape index (κ2) is 4.85. The van der Waals surface area contributed by atoms with Gasteiger partial charge in [-0.25, -0.2) is 0 Å². The highest BCUT2D eigenvalue weighted by molar-refractivity contribution is 9.10. The van der Waals surface area contributed by atoms with Crippen LogP contribution in [0.4, 0.5) is 0 Å². The van der Waals surface area contributed by atoms with E-state index in [2.05, 4.69) is 31.2 Å². The van der Waals surface area contributed by atoms with Gasteiger partial charge < -0.3 is 15.3 Å². The molecule has 0 spiro atoms. The Kier molecular flexibility index (Phi) is 3.44. The molecule has 89 valence electrons. The molecule has 0 atom stereocenters. The van der Waals surface area contributed by atoms with Crippen LogP contribution in [0.5, 0.6) is 0 Å². The molecule has 0 aliphatic rings. The van der Waals surface area contributed by atoms with Crippen molar-refractivity contribution in [3.05, 3.63) is 49.4 Å². The Morgan fingerprint density at radius 2 is 2.00 bits per heavy atom. The zero-order valence-corrected chi connectivity index (χ0v) is 10.7. The van der Waals surface area contributed by atoms with Gasteiger partial charge >= 0.3 is 11.1 Å². The Morgan fingerprint density at radius 1 is 1.29 bits per heavy atom. The van der Waals surface area contributed by atoms with Crippen LogP contribution in [0.1, 0.15) is 12.5 Å². The van der Waals surface area contributed by atoms with Crippen LogP contribution in [0.15, 0.2) is 26.2 Å². The Bertz CT molecular complexity index is 660. The van der Waals surface area contributed by atoms with Crippen molar-refractivity contribution in [3.63, 3.8) is 0 Å². The normalized spacial score (nSPS) is 10.9. The molecule has 0 fully saturated rings. The first-order valence-corrected chi connectivity index (χ1v) is 5.87. The molecular weight excluding hydrogens is 286 g/mol. The number of hydrogen-bond acceptors (Lipinski definition) is 3. The predicted molar refractivity (Wildman–Crippen MR) is 69.7 cm³/mol. The summed E-state index contributed by atoms with van der Waals surface area (Å²) in [6.07, 6.45) is 0. The molecule has 0 saturated carbocycles. The van der Waals surface area contributed by atoms with Gasteiger partial charge in [-0.1, -0.05) is 15.9 Å². The Balaban J connectivity index is 2.69. The number of aromatic nitrogens is 2. The summed E-state index contributed by atoms with van der Waals surface area (Å²) in [5, 5.41) is 3.06. The quantitative estimate of drug-likeness (QED) is 0.746. The van der Waals surface area contributed by atoms with E-state index in [1.807, 2.05) is 19.5 Å². The maximum atomic E-state index is 11.3. The molecule has 3 N–H and O–H groups in total. The maximum Gasteiger partial charge on any atom is 0.314 e. The summed E-state index contributed by atoms with van der Waals surface area (Å²) in [4.78, 5) is 27.7. The molecule has 0 unspecified atom stereocenters. The third-order valence-corrected chi connectivity index (χ3v) is 2.83. The highest BCUT2D eigenvalue weighted by Gasteiger charge is 2.06. The Hall–Kier alpha value is -1.40. The zero-order chi connectivity index (χ0) is 12.4. The molecule has 0 amide bonds. The smallest absolute Gasteiger partial charge is 0.314 e. The van der Waals surface area contributed by atoms with E-state index in [1.165, 1.54) is 0 Å². The minimum Gasteiger partial charge on any atom is -0.316 e. The average molecular weight is 297 g/mol. The van der Waals surface area contributed by atoms with Crippen LogP contribution in [-0.4, -0.2) is 9.97 Å². The average Bonchev–Trinajstić information content (AvgIpc) is 2.28. The van der Waals surface area contributed by atoms with Gasteiger partial charge in [0.2, 0.25) is 0 Å². The molecule has 17 heavy (non-hydrogen) atoms. The molecular formula is C11H11BrN3O2. The van der Waals surface area contributed by atoms with Gasteiger partial charge in [-0.2, -0.15) is 0 Å². The lowest BCUT2D eigenvalue weighted by Gasteiger charge is -2.07. The van der Waals surface area contributed by atoms with Crippen molar-refractivity contribution in [2.45, 2.75) is 13.5 Å². The molecule has 2 rings (SSSR count). The number of aromatic amines is 2. The number of fused-ring (bicyclic) bond motifs is 1. The van der Waals surface area contributed by atoms with Gasteiger partial charge in [0.05, 0.1) is 11.0 Å². The number of nitrogens with one attached hydrogen (secondary N) is 3. The molecule has 1 aromatic carbocycles. The first-order valence-electron chi connectivity index (χ1n) is 5.08. The van der Waals surface area contributed by atoms with E-state index < -0.39 is 11.1 Å². The lowest BCUT2D eigenvalue weighted by atomic mass is 10.1. The van der Waals surface area contributed by atoms with Crippen molar-refractivity contribution in [2.24, 2.45) is 0 Å². The van der Waals surface area contributed by atoms with Crippen LogP contribution < -0.4 is 16.4 Å². The predicted octanol–water partition coefficient (Wildman–Crippen LogP) is 1.25. The van der Waals surface area contributed by atoms with Crippen LogP contribution in [0, 0.1) is 6.54 Å². The van der Waals surface area contributed by atoms with Crippen LogP contribution in [0.3, 0.4) is 0 Å². The minimum atomic E-state index is -0.642. The summed E-state index contributed by atoms with van der Waals surface area (Å²) in [5.41, 5.74) is 0.878. The summed E-state index contributed by atoms with van der Waals surface area (Å²) in [6, 6.07) is 3.65. The molecule has 1 heterocycles. The van der Waals surface area contributed by atoms with Gasteiger partial charge in [0.25, 0.3) is 0 Å². The summed E-state index contributed by atoms with van der Waals surface area (Å²) in [5.74, 6) is 0. The maximum absolute atomic E-state index is 11.3. The molecule has 2 aromatic rings. The molecule has 0 aliphatic heterocycles. The Labute approximate surface area is 105 Å². The number of halogens is 1. The topological polar surface area (TPSA) is 77.8 Å². The van der Waals surface area contributed by atoms with Crippen molar-refractivity contribution >= 4 is 27.0 Å². The van der Waals surface area contributed by atoms with Gasteiger partial charge in [0.1, 0.15) is 0 Å². The molecule has 0 aliphatic carbocycles. The van der Waals surface area contributed by atoms with Crippen molar-refractivity contribution in [1.29, 1.82) is 0 Å². The second-order valence-electron chi connectivity index (χ2n) is 3.57. The van der Waals surface area contributed by atoms with Crippen molar-refractivity contribution in [2.75, 3.05) is 0 Å². The van der Waals surface area contributed by atoms with Gasteiger partial charge in [0, 0.05) is 17.6 Å². The highest BCUT2D eigenvalue weighted by Crippen LogP contribution is 2.19. The lowest BCUT2D eigenvalue weighted by molar-refractivity contribution is 0.807. The fourth-order valence-corrected chi connectivity index (χ4v) is 2.12. The van der Waals surface area contributed by atoms with E-state index in [0.29, 0.717) is 17.6 Å². The van der Waals surface area contributed by atoms with Gasteiger partial charge in [-0.05, 0) is 24.6 Å². The summed E-state index contributed by atoms with van der Waals surface area (Å²) < 4.78 is 0.848. The fraction of sp³-hybridized carbons (Fsp3) is 0.182. The molecule has 1 radical (unpaired) electrons. The molecule has 0 saturated heterocycles. The monoisotopic (exact) mass is 296 g/mol. The highest BCUT2D eigenvalue weighted by atomic mass is 79.9. The molecule has 0 bridgehead atoms. The number of rotatable bonds is 3. The summed E-state index contributed by atoms with van der Waals surface area (Å²) in [6.45, 7) is 4.27. The third kappa shape index (κ3) is 2.48. The summed E-state index contributed by atoms with van der Waals surface area (Å²) >= 11 is 3.37. The molecule has 1 aromatic heterocycles. The number of H-pyrrole nitrogens is 2. The van der Waals surface area contributed by atoms with E-state index in [-0.39, 0.29) is 0 Å². The van der Waals surface area contributed by atoms with Gasteiger partial charge in [-0.15, -0.1) is 0 Å². The fourth-order valence-electron chi connectivity index (χ4n) is 1.61. The van der Waals surface area contributed by atoms with E-state index in [1.54, 1.807) is 6.07 Å². The van der Waals surface area contributed by atoms with Crippen LogP contribution >= 0.6 is 15.9 Å². The number of hydrogen-bond donors (Lipinski definition) is 3. The van der Waals surface area contributed by atoms with Crippen molar-refractivity contribution in [1.82, 2.24) is 15.3 Å². The largest absolute Gasteiger partial charge is 0.316 e. The van der Waals surface area contributed by atoms with E-state index >= 15 is 0 Å². The molecule has 5 nitrogen and oxygen atoms in total. The summed E-state index contributed by atoms with van der Waals surface area (Å²) in [7, 11) is 0. The van der Waals surface area contributed by atoms with Gasteiger partial charge in [0.15, 0.2) is 0 Å². The first-order chi connectivity index (χ1) is 8.11. The van der Waals surface area contributed by atoms with Crippen LogP contribution in [-0.2, 0) is 6.54 Å².